The summed E-state index contributed by atoms with van der Waals surface area (Å²) in [4.78, 5) is 58.1. The number of hydrogen-bond acceptors (Lipinski definition) is 15. The van der Waals surface area contributed by atoms with Gasteiger partial charge in [-0.15, -0.1) is 0 Å². The Balaban J connectivity index is -0.00000210. The van der Waals surface area contributed by atoms with E-state index in [1.54, 1.807) is 0 Å². The fourth-order valence-corrected chi connectivity index (χ4v) is 5.05. The molecule has 0 amide bonds. The molecule has 1 aliphatic heterocycles. The molecule has 0 radical (unpaired) electrons. The molecule has 2 rings (SSSR count). The van der Waals surface area contributed by atoms with Crippen LogP contribution in [0.25, 0.3) is 0 Å². The van der Waals surface area contributed by atoms with Crippen molar-refractivity contribution in [3.8, 4) is 0 Å². The van der Waals surface area contributed by atoms with E-state index in [1.165, 1.54) is 12.3 Å². The Hall–Kier alpha value is 3.01. The van der Waals surface area contributed by atoms with Crippen molar-refractivity contribution in [2.45, 2.75) is 24.9 Å². The summed E-state index contributed by atoms with van der Waals surface area (Å²) in [6, 6.07) is 1.25. The van der Waals surface area contributed by atoms with Gasteiger partial charge in [-0.3, -0.25) is 18.0 Å². The van der Waals surface area contributed by atoms with Gasteiger partial charge in [0, 0.05) is 12.6 Å². The van der Waals surface area contributed by atoms with Crippen molar-refractivity contribution in [1.29, 1.82) is 0 Å². The minimum absolute atomic E-state index is 0. The first-order valence-corrected chi connectivity index (χ1v) is 11.5. The molecule has 5 atom stereocenters. The van der Waals surface area contributed by atoms with Crippen molar-refractivity contribution in [2.75, 3.05) is 12.3 Å². The Morgan fingerprint density at radius 1 is 1.12 bits per heavy atom. The molecule has 0 spiro atoms. The van der Waals surface area contributed by atoms with E-state index in [1.807, 2.05) is 0 Å². The van der Waals surface area contributed by atoms with E-state index in [-0.39, 0.29) is 130 Å². The number of phosphoric ester groups is 1. The zero-order valence-electron chi connectivity index (χ0n) is 17.5. The minimum Gasteiger partial charge on any atom is -0.790 e. The predicted octanol–water partition coefficient (Wildman–Crippen LogP) is -15.7. The van der Waals surface area contributed by atoms with Crippen LogP contribution in [0, 0.1) is 0 Å². The molecule has 2 heterocycles. The van der Waals surface area contributed by atoms with Crippen LogP contribution in [0.15, 0.2) is 17.1 Å². The van der Waals surface area contributed by atoms with Gasteiger partial charge in [-0.2, -0.15) is 4.98 Å². The molecule has 1 aromatic heterocycles. The fourth-order valence-electron chi connectivity index (χ4n) is 2.16. The SMILES string of the molecule is Nc1ccn([C@@H]2O[C@H](COP(=O)([O-])OP(=O)([O-])OP(=O)([O-])[O-])C[C@H]2O)c(=O)n1.[Na+].[Na+].[Na+].[Na+]. The van der Waals surface area contributed by atoms with Crippen molar-refractivity contribution in [1.82, 2.24) is 9.55 Å². The molecule has 3 N–H and O–H groups in total. The zero-order valence-corrected chi connectivity index (χ0v) is 28.1. The van der Waals surface area contributed by atoms with E-state index in [2.05, 4.69) is 18.1 Å². The van der Waals surface area contributed by atoms with Crippen molar-refractivity contribution in [2.24, 2.45) is 0 Å². The molecule has 1 fully saturated rings. The number of anilines is 1. The number of phosphoric acid groups is 3. The quantitative estimate of drug-likeness (QED) is 0.223. The van der Waals surface area contributed by atoms with Gasteiger partial charge in [-0.25, -0.2) is 9.11 Å². The second kappa shape index (κ2) is 16.1. The first-order chi connectivity index (χ1) is 12.7. The summed E-state index contributed by atoms with van der Waals surface area (Å²) in [6.45, 7) is -0.877. The van der Waals surface area contributed by atoms with Crippen molar-refractivity contribution in [3.63, 3.8) is 0 Å². The number of rotatable bonds is 8. The molecule has 0 saturated carbocycles. The first-order valence-electron chi connectivity index (χ1n) is 7.07. The standard InChI is InChI=1S/C9H16N3O13P3.4Na/c10-7-1-2-12(9(14)11-7)8-6(13)3-5(23-8)4-22-27(18,19)25-28(20,21)24-26(15,16)17;;;;/h1-2,5-6,8,13H,3-4H2,(H,18,19)(H,20,21)(H2,10,11,14)(H2,15,16,17);;;;/q;4*+1/p-4/t5-,6+,8+;;;;/m0..../s1. The van der Waals surface area contributed by atoms with Crippen molar-refractivity contribution >= 4 is 29.3 Å². The van der Waals surface area contributed by atoms with Gasteiger partial charge >= 0.3 is 124 Å². The molecular weight excluding hydrogens is 543 g/mol. The largest absolute Gasteiger partial charge is 1.00 e. The Morgan fingerprint density at radius 2 is 1.69 bits per heavy atom. The molecule has 160 valence electrons. The van der Waals surface area contributed by atoms with E-state index in [9.17, 15) is 43.2 Å². The summed E-state index contributed by atoms with van der Waals surface area (Å²) in [5, 5.41) is 9.96. The summed E-state index contributed by atoms with van der Waals surface area (Å²) in [7, 11) is -17.9. The van der Waals surface area contributed by atoms with E-state index in [0.29, 0.717) is 0 Å². The first kappa shape index (κ1) is 39.5. The van der Waals surface area contributed by atoms with Crippen LogP contribution in [-0.2, 0) is 31.6 Å². The van der Waals surface area contributed by atoms with E-state index >= 15 is 0 Å². The molecule has 16 nitrogen and oxygen atoms in total. The summed E-state index contributed by atoms with van der Waals surface area (Å²) in [5.74, 6) is -0.0805. The number of aromatic nitrogens is 2. The van der Waals surface area contributed by atoms with Crippen molar-refractivity contribution in [3.05, 3.63) is 22.7 Å². The van der Waals surface area contributed by atoms with Gasteiger partial charge < -0.3 is 44.2 Å². The number of nitrogen functional groups attached to an aromatic ring is 1. The van der Waals surface area contributed by atoms with Gasteiger partial charge in [0.2, 0.25) is 0 Å². The number of aliphatic hydroxyl groups is 1. The average Bonchev–Trinajstić information content (AvgIpc) is 2.82. The molecule has 1 saturated heterocycles. The van der Waals surface area contributed by atoms with Crippen LogP contribution >= 0.6 is 23.5 Å². The maximum Gasteiger partial charge on any atom is 1.00 e. The van der Waals surface area contributed by atoms with E-state index in [4.69, 9.17) is 10.5 Å². The molecule has 0 aromatic carbocycles. The van der Waals surface area contributed by atoms with E-state index in [0.717, 1.165) is 4.57 Å². The smallest absolute Gasteiger partial charge is 0.790 e. The molecule has 32 heavy (non-hydrogen) atoms. The number of aliphatic hydroxyl groups excluding tert-OH is 1. The average molecular weight is 555 g/mol. The third-order valence-electron chi connectivity index (χ3n) is 3.11. The van der Waals surface area contributed by atoms with Gasteiger partial charge in [-0.1, -0.05) is 0 Å². The van der Waals surface area contributed by atoms with E-state index < -0.39 is 54.2 Å². The summed E-state index contributed by atoms with van der Waals surface area (Å²) >= 11 is 0. The topological polar surface area (TPSA) is 262 Å². The number of nitrogens with zero attached hydrogens (tertiary/aromatic N) is 2. The number of ether oxygens (including phenoxy) is 1. The summed E-state index contributed by atoms with van der Waals surface area (Å²) in [5.41, 5.74) is 4.48. The number of hydrogen-bond donors (Lipinski definition) is 2. The zero-order chi connectivity index (χ0) is 21.3. The normalized spacial score (nSPS) is 23.8. The molecule has 0 aliphatic carbocycles. The van der Waals surface area contributed by atoms with Crippen LogP contribution in [0.4, 0.5) is 5.82 Å². The van der Waals surface area contributed by atoms with Crippen LogP contribution in [0.5, 0.6) is 0 Å². The fraction of sp³-hybridized carbons (Fsp3) is 0.556. The second-order valence-electron chi connectivity index (χ2n) is 5.29. The van der Waals surface area contributed by atoms with Gasteiger partial charge in [0.05, 0.1) is 20.5 Å². The molecule has 2 unspecified atom stereocenters. The van der Waals surface area contributed by atoms with Crippen LogP contribution in [0.1, 0.15) is 12.6 Å². The van der Waals surface area contributed by atoms with Crippen molar-refractivity contribution < 1.29 is 174 Å². The Labute approximate surface area is 269 Å². The molecule has 0 bridgehead atoms. The summed E-state index contributed by atoms with van der Waals surface area (Å²) in [6.07, 6.45) is -2.75. The van der Waals surface area contributed by atoms with Gasteiger partial charge in [0.15, 0.2) is 6.23 Å². The van der Waals surface area contributed by atoms with Crippen LogP contribution in [-0.4, -0.2) is 33.5 Å². The third kappa shape index (κ3) is 13.5. The number of nitrogens with two attached hydrogens (primary N) is 1. The van der Waals surface area contributed by atoms with Gasteiger partial charge in [0.1, 0.15) is 11.9 Å². The monoisotopic (exact) mass is 555 g/mol. The Morgan fingerprint density at radius 3 is 2.19 bits per heavy atom. The molecular formula is C9H12N3Na4O13P3. The van der Waals surface area contributed by atoms with Gasteiger partial charge in [0.25, 0.3) is 15.6 Å². The van der Waals surface area contributed by atoms with Crippen LogP contribution in [0.2, 0.25) is 0 Å². The van der Waals surface area contributed by atoms with Crippen LogP contribution < -0.4 is 149 Å². The van der Waals surface area contributed by atoms with Gasteiger partial charge in [-0.05, 0) is 6.07 Å². The minimum atomic E-state index is -6.09. The summed E-state index contributed by atoms with van der Waals surface area (Å²) < 4.78 is 49.5. The third-order valence-corrected chi connectivity index (χ3v) is 6.77. The predicted molar refractivity (Wildman–Crippen MR) is 78.4 cm³/mol. The maximum absolute atomic E-state index is 11.7. The Bertz CT molecular complexity index is 931. The molecule has 1 aromatic rings. The molecule has 1 aliphatic rings. The molecule has 23 heteroatoms. The Kier molecular flexibility index (Phi) is 19.9. The second-order valence-corrected chi connectivity index (χ2v) is 9.54. The maximum atomic E-state index is 11.7. The van der Waals surface area contributed by atoms with Crippen LogP contribution in [0.3, 0.4) is 0 Å².